The summed E-state index contributed by atoms with van der Waals surface area (Å²) in [5.41, 5.74) is 3.22. The molecule has 1 aliphatic rings. The Morgan fingerprint density at radius 2 is 1.74 bits per heavy atom. The lowest BCUT2D eigenvalue weighted by Gasteiger charge is -2.36. The Morgan fingerprint density at radius 1 is 1.03 bits per heavy atom. The van der Waals surface area contributed by atoms with Crippen LogP contribution in [0.2, 0.25) is 8.67 Å². The van der Waals surface area contributed by atoms with Crippen molar-refractivity contribution in [2.45, 2.75) is 38.3 Å². The van der Waals surface area contributed by atoms with Gasteiger partial charge in [0.1, 0.15) is 16.2 Å². The fourth-order valence-electron chi connectivity index (χ4n) is 4.15. The summed E-state index contributed by atoms with van der Waals surface area (Å²) in [6.07, 6.45) is 0.874. The molecule has 1 N–H and O–H groups in total. The maximum atomic E-state index is 13.2. The van der Waals surface area contributed by atoms with Gasteiger partial charge < -0.3 is 10.2 Å². The van der Waals surface area contributed by atoms with E-state index in [4.69, 9.17) is 23.2 Å². The Bertz CT molecular complexity index is 1250. The molecule has 2 heterocycles. The molecule has 3 aromatic rings. The van der Waals surface area contributed by atoms with Crippen LogP contribution in [0.15, 0.2) is 54.6 Å². The zero-order chi connectivity index (χ0) is 24.9. The summed E-state index contributed by atoms with van der Waals surface area (Å²) in [7, 11) is 0. The molecule has 0 radical (unpaired) electrons. The van der Waals surface area contributed by atoms with Crippen LogP contribution in [0.3, 0.4) is 0 Å². The number of nitrogens with one attached hydrogen (secondary N) is 1. The number of carbonyl (C=O) groups excluding carboxylic acids is 3. The molecule has 2 amide bonds. The van der Waals surface area contributed by atoms with Crippen molar-refractivity contribution in [1.82, 2.24) is 10.2 Å². The van der Waals surface area contributed by atoms with E-state index in [1.165, 1.54) is 18.2 Å². The van der Waals surface area contributed by atoms with Crippen LogP contribution >= 0.6 is 34.5 Å². The van der Waals surface area contributed by atoms with Crippen molar-refractivity contribution in [3.8, 4) is 0 Å². The summed E-state index contributed by atoms with van der Waals surface area (Å²) in [5, 5.41) is 2.91. The highest BCUT2D eigenvalue weighted by Crippen LogP contribution is 2.32. The highest BCUT2D eigenvalue weighted by atomic mass is 35.5. The molecule has 4 rings (SSSR count). The Balaban J connectivity index is 1.42. The molecule has 0 saturated heterocycles. The number of benzene rings is 2. The molecule has 182 valence electrons. The molecule has 2 aromatic carbocycles. The number of halogens is 3. The number of ketones is 1. The van der Waals surface area contributed by atoms with Gasteiger partial charge in [0.2, 0.25) is 11.8 Å². The van der Waals surface area contributed by atoms with E-state index in [0.29, 0.717) is 40.2 Å². The molecule has 1 aromatic heterocycles. The Kier molecular flexibility index (Phi) is 8.21. The lowest BCUT2D eigenvalue weighted by Crippen LogP contribution is -2.52. The molecule has 1 unspecified atom stereocenters. The molecule has 5 nitrogen and oxygen atoms in total. The minimum Gasteiger partial charge on any atom is -0.354 e. The van der Waals surface area contributed by atoms with Gasteiger partial charge in [-0.25, -0.2) is 4.39 Å². The fourth-order valence-corrected chi connectivity index (χ4v) is 5.65. The summed E-state index contributed by atoms with van der Waals surface area (Å²) in [4.78, 5) is 40.4. The van der Waals surface area contributed by atoms with Gasteiger partial charge in [-0.1, -0.05) is 59.6 Å². The molecular weight excluding hydrogens is 510 g/mol. The molecule has 1 atom stereocenters. The maximum absolute atomic E-state index is 13.2. The standard InChI is InChI=1S/C26H23Cl2FN2O3S/c27-23-14-20(25(28)35-23)22(32)9-10-24(33)31-15-18-4-2-1-3-17(18)13-21(31)26(34)30-12-11-16-5-7-19(29)8-6-16/h1-8,14,21H,9-13,15H2,(H,30,34). The molecule has 0 fully saturated rings. The third kappa shape index (κ3) is 6.28. The van der Waals surface area contributed by atoms with Crippen molar-refractivity contribution in [3.05, 3.63) is 91.3 Å². The molecule has 1 aliphatic heterocycles. The first-order chi connectivity index (χ1) is 16.8. The smallest absolute Gasteiger partial charge is 0.243 e. The van der Waals surface area contributed by atoms with E-state index in [-0.39, 0.29) is 36.3 Å². The number of Topliss-reactive ketones (excluding diaryl/α,β-unsaturated/α-hetero) is 1. The number of rotatable bonds is 8. The lowest BCUT2D eigenvalue weighted by molar-refractivity contribution is -0.141. The minimum absolute atomic E-state index is 0.0251. The van der Waals surface area contributed by atoms with Gasteiger partial charge in [0.25, 0.3) is 0 Å². The van der Waals surface area contributed by atoms with Crippen molar-refractivity contribution in [3.63, 3.8) is 0 Å². The van der Waals surface area contributed by atoms with E-state index in [1.54, 1.807) is 17.0 Å². The zero-order valence-electron chi connectivity index (χ0n) is 18.7. The first-order valence-electron chi connectivity index (χ1n) is 11.2. The molecule has 0 spiro atoms. The SMILES string of the molecule is O=C(CCC(=O)N1Cc2ccccc2CC1C(=O)NCCc1ccc(F)cc1)c1cc(Cl)sc1Cl. The van der Waals surface area contributed by atoms with E-state index >= 15 is 0 Å². The van der Waals surface area contributed by atoms with Crippen LogP contribution in [-0.4, -0.2) is 35.1 Å². The van der Waals surface area contributed by atoms with E-state index < -0.39 is 6.04 Å². The summed E-state index contributed by atoms with van der Waals surface area (Å²) in [5.74, 6) is -1.10. The average molecular weight is 533 g/mol. The van der Waals surface area contributed by atoms with Crippen molar-refractivity contribution < 1.29 is 18.8 Å². The summed E-state index contributed by atoms with van der Waals surface area (Å²) >= 11 is 13.1. The quantitative estimate of drug-likeness (QED) is 0.391. The van der Waals surface area contributed by atoms with Crippen LogP contribution in [0, 0.1) is 5.82 Å². The topological polar surface area (TPSA) is 66.5 Å². The summed E-state index contributed by atoms with van der Waals surface area (Å²) in [6, 6.07) is 14.7. The molecule has 35 heavy (non-hydrogen) atoms. The number of amides is 2. The first kappa shape index (κ1) is 25.4. The van der Waals surface area contributed by atoms with Gasteiger partial charge in [-0.05, 0) is 41.3 Å². The van der Waals surface area contributed by atoms with E-state index in [9.17, 15) is 18.8 Å². The van der Waals surface area contributed by atoms with E-state index in [0.717, 1.165) is 28.0 Å². The highest BCUT2D eigenvalue weighted by molar-refractivity contribution is 7.20. The second kappa shape index (κ2) is 11.3. The predicted molar refractivity (Wildman–Crippen MR) is 136 cm³/mol. The minimum atomic E-state index is -0.681. The Labute approximate surface area is 216 Å². The number of nitrogens with zero attached hydrogens (tertiary/aromatic N) is 1. The number of hydrogen-bond donors (Lipinski definition) is 1. The van der Waals surface area contributed by atoms with Crippen molar-refractivity contribution in [1.29, 1.82) is 0 Å². The third-order valence-electron chi connectivity index (χ3n) is 6.02. The molecule has 9 heteroatoms. The van der Waals surface area contributed by atoms with Gasteiger partial charge in [-0.3, -0.25) is 14.4 Å². The van der Waals surface area contributed by atoms with Crippen LogP contribution in [0.25, 0.3) is 0 Å². The highest BCUT2D eigenvalue weighted by Gasteiger charge is 2.34. The summed E-state index contributed by atoms with van der Waals surface area (Å²) < 4.78 is 13.8. The van der Waals surface area contributed by atoms with Gasteiger partial charge in [-0.2, -0.15) is 0 Å². The number of thiophene rings is 1. The first-order valence-corrected chi connectivity index (χ1v) is 12.8. The Morgan fingerprint density at radius 3 is 2.43 bits per heavy atom. The number of hydrogen-bond acceptors (Lipinski definition) is 4. The third-order valence-corrected chi connectivity index (χ3v) is 7.51. The van der Waals surface area contributed by atoms with Crippen LogP contribution < -0.4 is 5.32 Å². The fraction of sp³-hybridized carbons (Fsp3) is 0.269. The molecular formula is C26H23Cl2FN2O3S. The summed E-state index contributed by atoms with van der Waals surface area (Å²) in [6.45, 7) is 0.658. The van der Waals surface area contributed by atoms with Crippen molar-refractivity contribution in [2.75, 3.05) is 6.54 Å². The van der Waals surface area contributed by atoms with Crippen molar-refractivity contribution >= 4 is 52.1 Å². The lowest BCUT2D eigenvalue weighted by atomic mass is 9.93. The van der Waals surface area contributed by atoms with Gasteiger partial charge in [0, 0.05) is 37.9 Å². The second-order valence-electron chi connectivity index (χ2n) is 8.34. The van der Waals surface area contributed by atoms with E-state index in [1.807, 2.05) is 24.3 Å². The predicted octanol–water partition coefficient (Wildman–Crippen LogP) is 5.47. The number of fused-ring (bicyclic) bond motifs is 1. The van der Waals surface area contributed by atoms with Gasteiger partial charge in [-0.15, -0.1) is 11.3 Å². The average Bonchev–Trinajstić information content (AvgIpc) is 3.20. The Hall–Kier alpha value is -2.74. The van der Waals surface area contributed by atoms with E-state index in [2.05, 4.69) is 5.32 Å². The van der Waals surface area contributed by atoms with Crippen LogP contribution in [0.4, 0.5) is 4.39 Å². The van der Waals surface area contributed by atoms with Crippen LogP contribution in [0.1, 0.15) is 39.9 Å². The van der Waals surface area contributed by atoms with Crippen LogP contribution in [-0.2, 0) is 29.0 Å². The molecule has 0 aliphatic carbocycles. The largest absolute Gasteiger partial charge is 0.354 e. The van der Waals surface area contributed by atoms with Crippen molar-refractivity contribution in [2.24, 2.45) is 0 Å². The van der Waals surface area contributed by atoms with Crippen LogP contribution in [0.5, 0.6) is 0 Å². The normalized spacial score (nSPS) is 14.9. The van der Waals surface area contributed by atoms with Gasteiger partial charge in [0.05, 0.1) is 4.34 Å². The van der Waals surface area contributed by atoms with Gasteiger partial charge in [0.15, 0.2) is 5.78 Å². The second-order valence-corrected chi connectivity index (χ2v) is 10.6. The monoisotopic (exact) mass is 532 g/mol. The number of carbonyl (C=O) groups is 3. The van der Waals surface area contributed by atoms with Gasteiger partial charge >= 0.3 is 0 Å². The zero-order valence-corrected chi connectivity index (χ0v) is 21.1. The maximum Gasteiger partial charge on any atom is 0.243 e. The molecule has 0 saturated carbocycles. The molecule has 0 bridgehead atoms.